The number of carboxylic acids is 1. The number of rotatable bonds is 11. The number of fused-ring (bicyclic) bond motifs is 1. The van der Waals surface area contributed by atoms with Crippen molar-refractivity contribution >= 4 is 45.3 Å². The van der Waals surface area contributed by atoms with E-state index in [2.05, 4.69) is 16.0 Å². The van der Waals surface area contributed by atoms with Gasteiger partial charge < -0.3 is 14.9 Å². The maximum absolute atomic E-state index is 11.8. The second-order valence-corrected chi connectivity index (χ2v) is 10.8. The van der Waals surface area contributed by atoms with Crippen LogP contribution >= 0.6 is 23.6 Å². The molecule has 6 nitrogen and oxygen atoms in total. The fourth-order valence-corrected chi connectivity index (χ4v) is 6.26. The van der Waals surface area contributed by atoms with Gasteiger partial charge in [0.05, 0.1) is 25.7 Å². The number of thiophene rings is 1. The highest BCUT2D eigenvalue weighted by Gasteiger charge is 2.36. The van der Waals surface area contributed by atoms with Gasteiger partial charge in [0.2, 0.25) is 0 Å². The Morgan fingerprint density at radius 3 is 2.74 bits per heavy atom. The standard InChI is InChI=1S/C27H32N2O4S2/c1-33-20-6-7-23-22(14-20)21(19(18-30)16-28-23)4-2-8-27(15-26(31)32)9-11-29(12-10-27)17-24(34)25-5-3-13-35-25/h3,5-7,13-14,16,30H,2,4,8-12,15,17-18H2,1H3,(H,31,32). The predicted molar refractivity (Wildman–Crippen MR) is 144 cm³/mol. The van der Waals surface area contributed by atoms with Gasteiger partial charge in [0.15, 0.2) is 0 Å². The molecule has 0 spiro atoms. The van der Waals surface area contributed by atoms with Crippen LogP contribution in [0.2, 0.25) is 0 Å². The molecule has 1 saturated heterocycles. The predicted octanol–water partition coefficient (Wildman–Crippen LogP) is 5.10. The molecule has 0 amide bonds. The molecule has 3 aromatic rings. The quantitative estimate of drug-likeness (QED) is 0.273. The van der Waals surface area contributed by atoms with Crippen molar-refractivity contribution in [3.05, 3.63) is 57.9 Å². The molecule has 1 aromatic carbocycles. The third-order valence-corrected chi connectivity index (χ3v) is 8.59. The number of likely N-dealkylation sites (tertiary alicyclic amines) is 1. The van der Waals surface area contributed by atoms with E-state index in [0.717, 1.165) is 89.3 Å². The van der Waals surface area contributed by atoms with Gasteiger partial charge >= 0.3 is 5.97 Å². The number of nitrogens with zero attached hydrogens (tertiary/aromatic N) is 2. The summed E-state index contributed by atoms with van der Waals surface area (Å²) in [4.78, 5) is 20.7. The van der Waals surface area contributed by atoms with E-state index < -0.39 is 5.97 Å². The Morgan fingerprint density at radius 1 is 1.29 bits per heavy atom. The van der Waals surface area contributed by atoms with E-state index in [1.165, 1.54) is 0 Å². The zero-order valence-electron chi connectivity index (χ0n) is 20.0. The van der Waals surface area contributed by atoms with E-state index in [4.69, 9.17) is 17.0 Å². The lowest BCUT2D eigenvalue weighted by atomic mass is 9.71. The normalized spacial score (nSPS) is 15.8. The minimum absolute atomic E-state index is 0.0745. The largest absolute Gasteiger partial charge is 0.497 e. The van der Waals surface area contributed by atoms with Gasteiger partial charge in [-0.1, -0.05) is 18.3 Å². The molecule has 3 heterocycles. The van der Waals surface area contributed by atoms with Gasteiger partial charge in [-0.2, -0.15) is 0 Å². The summed E-state index contributed by atoms with van der Waals surface area (Å²) in [6.45, 7) is 2.39. The van der Waals surface area contributed by atoms with Crippen LogP contribution in [0.15, 0.2) is 41.9 Å². The van der Waals surface area contributed by atoms with Crippen LogP contribution in [0.25, 0.3) is 10.9 Å². The Morgan fingerprint density at radius 2 is 2.09 bits per heavy atom. The Labute approximate surface area is 215 Å². The van der Waals surface area contributed by atoms with Crippen LogP contribution in [0.4, 0.5) is 0 Å². The molecule has 0 radical (unpaired) electrons. The molecule has 186 valence electrons. The molecule has 2 N–H and O–H groups in total. The molecule has 35 heavy (non-hydrogen) atoms. The molecule has 0 unspecified atom stereocenters. The van der Waals surface area contributed by atoms with Gasteiger partial charge in [-0.3, -0.25) is 14.7 Å². The number of thiocarbonyl (C=S) groups is 1. The first-order valence-corrected chi connectivity index (χ1v) is 13.3. The molecule has 1 aliphatic heterocycles. The van der Waals surface area contributed by atoms with Gasteiger partial charge in [-0.05, 0) is 91.4 Å². The van der Waals surface area contributed by atoms with Crippen LogP contribution in [-0.4, -0.2) is 57.7 Å². The molecule has 0 saturated carbocycles. The van der Waals surface area contributed by atoms with E-state index in [1.807, 2.05) is 29.6 Å². The number of aromatic nitrogens is 1. The second kappa shape index (κ2) is 11.6. The molecule has 1 aliphatic rings. The molecule has 0 atom stereocenters. The first-order valence-electron chi connectivity index (χ1n) is 12.0. The van der Waals surface area contributed by atoms with Gasteiger partial charge in [0.1, 0.15) is 5.75 Å². The zero-order chi connectivity index (χ0) is 24.8. The highest BCUT2D eigenvalue weighted by molar-refractivity contribution is 7.81. The lowest BCUT2D eigenvalue weighted by Gasteiger charge is -2.41. The maximum atomic E-state index is 11.8. The van der Waals surface area contributed by atoms with Gasteiger partial charge in [0.25, 0.3) is 0 Å². The molecule has 8 heteroatoms. The summed E-state index contributed by atoms with van der Waals surface area (Å²) in [7, 11) is 1.64. The number of aliphatic hydroxyl groups is 1. The third kappa shape index (κ3) is 6.25. The number of ether oxygens (including phenoxy) is 1. The Bertz CT molecular complexity index is 1170. The van der Waals surface area contributed by atoms with Crippen molar-refractivity contribution in [1.82, 2.24) is 9.88 Å². The average molecular weight is 513 g/mol. The highest BCUT2D eigenvalue weighted by Crippen LogP contribution is 2.40. The fourth-order valence-electron chi connectivity index (χ4n) is 5.21. The molecule has 2 aromatic heterocycles. The van der Waals surface area contributed by atoms with Crippen LogP contribution in [0, 0.1) is 5.41 Å². The SMILES string of the molecule is COc1ccc2ncc(CO)c(CCCC3(CC(=O)O)CCN(CC(=S)c4cccs4)CC3)c2c1. The number of aryl methyl sites for hydroxylation is 1. The van der Waals surface area contributed by atoms with Crippen molar-refractivity contribution in [2.45, 2.75) is 45.1 Å². The van der Waals surface area contributed by atoms with E-state index in [9.17, 15) is 15.0 Å². The Balaban J connectivity index is 1.43. The lowest BCUT2D eigenvalue weighted by Crippen LogP contribution is -2.43. The topological polar surface area (TPSA) is 82.9 Å². The zero-order valence-corrected chi connectivity index (χ0v) is 21.7. The minimum Gasteiger partial charge on any atom is -0.497 e. The second-order valence-electron chi connectivity index (χ2n) is 9.40. The van der Waals surface area contributed by atoms with Crippen molar-refractivity contribution in [3.8, 4) is 5.75 Å². The molecule has 0 aliphatic carbocycles. The summed E-state index contributed by atoms with van der Waals surface area (Å²) in [5.74, 6) is 0.0218. The smallest absolute Gasteiger partial charge is 0.303 e. The Kier molecular flexibility index (Phi) is 8.49. The number of aliphatic carboxylic acids is 1. The van der Waals surface area contributed by atoms with Crippen molar-refractivity contribution < 1.29 is 19.7 Å². The summed E-state index contributed by atoms with van der Waals surface area (Å²) in [5, 5.41) is 22.6. The van der Waals surface area contributed by atoms with E-state index in [-0.39, 0.29) is 18.4 Å². The number of hydrogen-bond donors (Lipinski definition) is 2. The van der Waals surface area contributed by atoms with Crippen molar-refractivity contribution in [1.29, 1.82) is 0 Å². The first-order chi connectivity index (χ1) is 16.9. The van der Waals surface area contributed by atoms with Crippen molar-refractivity contribution in [3.63, 3.8) is 0 Å². The summed E-state index contributed by atoms with van der Waals surface area (Å²) in [6.07, 6.45) is 6.08. The Hall–Kier alpha value is -2.39. The van der Waals surface area contributed by atoms with Crippen LogP contribution in [-0.2, 0) is 17.8 Å². The number of hydrogen-bond acceptors (Lipinski definition) is 7. The number of pyridine rings is 1. The monoisotopic (exact) mass is 512 g/mol. The van der Waals surface area contributed by atoms with Crippen molar-refractivity contribution in [2.24, 2.45) is 5.41 Å². The summed E-state index contributed by atoms with van der Waals surface area (Å²) in [5.41, 5.74) is 2.54. The van der Waals surface area contributed by atoms with Gasteiger partial charge in [-0.25, -0.2) is 0 Å². The summed E-state index contributed by atoms with van der Waals surface area (Å²) >= 11 is 7.29. The third-order valence-electron chi connectivity index (χ3n) is 7.19. The van der Waals surface area contributed by atoms with E-state index in [0.29, 0.717) is 0 Å². The highest BCUT2D eigenvalue weighted by atomic mass is 32.1. The fraction of sp³-hybridized carbons (Fsp3) is 0.444. The molecule has 1 fully saturated rings. The molecule has 0 bridgehead atoms. The number of aliphatic hydroxyl groups excluding tert-OH is 1. The minimum atomic E-state index is -0.734. The van der Waals surface area contributed by atoms with Crippen LogP contribution < -0.4 is 4.74 Å². The number of benzene rings is 1. The van der Waals surface area contributed by atoms with Crippen LogP contribution in [0.1, 0.15) is 48.1 Å². The lowest BCUT2D eigenvalue weighted by molar-refractivity contribution is -0.140. The first kappa shape index (κ1) is 25.7. The van der Waals surface area contributed by atoms with Crippen molar-refractivity contribution in [2.75, 3.05) is 26.7 Å². The summed E-state index contributed by atoms with van der Waals surface area (Å²) < 4.78 is 5.40. The average Bonchev–Trinajstić information content (AvgIpc) is 3.40. The van der Waals surface area contributed by atoms with E-state index >= 15 is 0 Å². The maximum Gasteiger partial charge on any atom is 0.303 e. The number of carbonyl (C=O) groups is 1. The number of carboxylic acid groups (broad SMARTS) is 1. The van der Waals surface area contributed by atoms with Crippen LogP contribution in [0.5, 0.6) is 5.75 Å². The number of methoxy groups -OCH3 is 1. The molecular formula is C27H32N2O4S2. The molecular weight excluding hydrogens is 480 g/mol. The van der Waals surface area contributed by atoms with Gasteiger partial charge in [-0.15, -0.1) is 11.3 Å². The summed E-state index contributed by atoms with van der Waals surface area (Å²) in [6, 6.07) is 9.87. The van der Waals surface area contributed by atoms with Crippen LogP contribution in [0.3, 0.4) is 0 Å². The van der Waals surface area contributed by atoms with E-state index in [1.54, 1.807) is 24.6 Å². The number of piperidine rings is 1. The van der Waals surface area contributed by atoms with Gasteiger partial charge in [0, 0.05) is 27.9 Å². The molecule has 4 rings (SSSR count).